The van der Waals surface area contributed by atoms with Gasteiger partial charge in [0, 0.05) is 11.8 Å². The van der Waals surface area contributed by atoms with Gasteiger partial charge in [0.2, 0.25) is 5.91 Å². The van der Waals surface area contributed by atoms with Crippen molar-refractivity contribution in [3.05, 3.63) is 88.2 Å². The highest BCUT2D eigenvalue weighted by molar-refractivity contribution is 6.42. The van der Waals surface area contributed by atoms with Crippen molar-refractivity contribution in [3.8, 4) is 11.5 Å². The number of nitrogens with one attached hydrogen (secondary N) is 1. The molecule has 0 radical (unpaired) electrons. The maximum Gasteiger partial charge on any atom is 0.323 e. The highest BCUT2D eigenvalue weighted by Crippen LogP contribution is 2.30. The van der Waals surface area contributed by atoms with Crippen molar-refractivity contribution in [2.24, 2.45) is 0 Å². The predicted molar refractivity (Wildman–Crippen MR) is 133 cm³/mol. The number of anilines is 1. The molecule has 0 unspecified atom stereocenters. The second-order valence-electron chi connectivity index (χ2n) is 7.39. The van der Waals surface area contributed by atoms with Gasteiger partial charge in [-0.25, -0.2) is 4.98 Å². The highest BCUT2D eigenvalue weighted by atomic mass is 35.5. The van der Waals surface area contributed by atoms with Gasteiger partial charge in [-0.2, -0.15) is 0 Å². The van der Waals surface area contributed by atoms with Crippen LogP contribution in [0.4, 0.5) is 5.69 Å². The quantitative estimate of drug-likeness (QED) is 0.298. The maximum absolute atomic E-state index is 12.2. The minimum Gasteiger partial charge on any atom is -0.480 e. The van der Waals surface area contributed by atoms with Gasteiger partial charge in [0.1, 0.15) is 23.6 Å². The first-order chi connectivity index (χ1) is 16.3. The van der Waals surface area contributed by atoms with Crippen LogP contribution in [0.1, 0.15) is 11.4 Å². The Bertz CT molecular complexity index is 1410. The first-order valence-electron chi connectivity index (χ1n) is 10.2. The van der Waals surface area contributed by atoms with Crippen molar-refractivity contribution >= 4 is 57.9 Å². The molecule has 7 nitrogen and oxygen atoms in total. The smallest absolute Gasteiger partial charge is 0.323 e. The molecule has 1 heterocycles. The van der Waals surface area contributed by atoms with Gasteiger partial charge in [-0.3, -0.25) is 9.59 Å². The summed E-state index contributed by atoms with van der Waals surface area (Å²) in [5.74, 6) is 0.385. The summed E-state index contributed by atoms with van der Waals surface area (Å²) in [6.07, 6.45) is 3.04. The number of aryl methyl sites for hydroxylation is 1. The minimum atomic E-state index is -0.946. The third-order valence-electron chi connectivity index (χ3n) is 4.95. The molecule has 0 saturated heterocycles. The molecule has 3 aromatic carbocycles. The third kappa shape index (κ3) is 5.39. The molecular formula is C25H19Cl2N3O4. The Hall–Kier alpha value is -3.81. The van der Waals surface area contributed by atoms with E-state index in [1.165, 1.54) is 6.08 Å². The minimum absolute atomic E-state index is 0.181. The summed E-state index contributed by atoms with van der Waals surface area (Å²) in [7, 11) is 0. The number of aliphatic carboxylic acids is 1. The number of para-hydroxylation sites is 1. The molecule has 9 heteroatoms. The van der Waals surface area contributed by atoms with E-state index < -0.39 is 5.97 Å². The number of carboxylic acid groups (broad SMARTS) is 1. The molecule has 0 aliphatic rings. The number of imidazole rings is 1. The standard InChI is InChI=1S/C25H19Cl2N3O4/c1-15-28-25-21(30(15)14-24(32)33)3-2-4-22(25)34-18-9-7-17(8-10-18)29-23(31)12-6-16-5-11-19(26)20(27)13-16/h2-13H,14H2,1H3,(H,29,31)(H,32,33)/b12-6+. The molecular weight excluding hydrogens is 477 g/mol. The molecule has 0 fully saturated rings. The first kappa shape index (κ1) is 23.4. The molecule has 0 bridgehead atoms. The van der Waals surface area contributed by atoms with Crippen molar-refractivity contribution in [2.75, 3.05) is 5.32 Å². The van der Waals surface area contributed by atoms with Gasteiger partial charge in [-0.1, -0.05) is 35.3 Å². The Kier molecular flexibility index (Phi) is 6.86. The van der Waals surface area contributed by atoms with E-state index in [4.69, 9.17) is 33.0 Å². The molecule has 1 aromatic heterocycles. The number of carbonyl (C=O) groups is 2. The molecule has 0 aliphatic heterocycles. The number of aromatic nitrogens is 2. The molecule has 34 heavy (non-hydrogen) atoms. The zero-order chi connectivity index (χ0) is 24.2. The van der Waals surface area contributed by atoms with Crippen LogP contribution in [-0.4, -0.2) is 26.5 Å². The predicted octanol–water partition coefficient (Wildman–Crippen LogP) is 6.18. The van der Waals surface area contributed by atoms with Crippen LogP contribution < -0.4 is 10.1 Å². The number of carbonyl (C=O) groups excluding carboxylic acids is 1. The lowest BCUT2D eigenvalue weighted by Gasteiger charge is -2.08. The summed E-state index contributed by atoms with van der Waals surface area (Å²) >= 11 is 11.9. The Labute approximate surface area is 205 Å². The SMILES string of the molecule is Cc1nc2c(Oc3ccc(NC(=O)/C=C/c4ccc(Cl)c(Cl)c4)cc3)cccc2n1CC(=O)O. The number of nitrogens with zero attached hydrogens (tertiary/aromatic N) is 2. The number of halogens is 2. The zero-order valence-corrected chi connectivity index (χ0v) is 19.5. The van der Waals surface area contributed by atoms with Crippen molar-refractivity contribution in [2.45, 2.75) is 13.5 Å². The molecule has 0 atom stereocenters. The Morgan fingerprint density at radius 2 is 1.85 bits per heavy atom. The zero-order valence-electron chi connectivity index (χ0n) is 18.0. The van der Waals surface area contributed by atoms with Crippen LogP contribution in [0, 0.1) is 6.92 Å². The maximum atomic E-state index is 12.2. The number of fused-ring (bicyclic) bond motifs is 1. The number of hydrogen-bond donors (Lipinski definition) is 2. The van der Waals surface area contributed by atoms with Crippen molar-refractivity contribution in [3.63, 3.8) is 0 Å². The van der Waals surface area contributed by atoms with E-state index in [-0.39, 0.29) is 12.5 Å². The van der Waals surface area contributed by atoms with E-state index in [0.29, 0.717) is 44.1 Å². The van der Waals surface area contributed by atoms with E-state index in [2.05, 4.69) is 10.3 Å². The molecule has 172 valence electrons. The lowest BCUT2D eigenvalue weighted by Crippen LogP contribution is -2.09. The van der Waals surface area contributed by atoms with Crippen LogP contribution in [-0.2, 0) is 16.1 Å². The summed E-state index contributed by atoms with van der Waals surface area (Å²) in [5.41, 5.74) is 2.60. The van der Waals surface area contributed by atoms with E-state index in [1.807, 2.05) is 0 Å². The van der Waals surface area contributed by atoms with Crippen molar-refractivity contribution in [1.82, 2.24) is 9.55 Å². The fourth-order valence-electron chi connectivity index (χ4n) is 3.36. The number of carboxylic acids is 1. The second kappa shape index (κ2) is 9.99. The van der Waals surface area contributed by atoms with Gasteiger partial charge in [0.15, 0.2) is 5.75 Å². The monoisotopic (exact) mass is 495 g/mol. The number of amides is 1. The molecule has 0 aliphatic carbocycles. The Morgan fingerprint density at radius 1 is 1.09 bits per heavy atom. The summed E-state index contributed by atoms with van der Waals surface area (Å²) in [4.78, 5) is 27.9. The average molecular weight is 496 g/mol. The average Bonchev–Trinajstić information content (AvgIpc) is 3.11. The van der Waals surface area contributed by atoms with E-state index in [1.54, 1.807) is 78.2 Å². The van der Waals surface area contributed by atoms with E-state index in [9.17, 15) is 9.59 Å². The van der Waals surface area contributed by atoms with Gasteiger partial charge >= 0.3 is 5.97 Å². The molecule has 0 saturated carbocycles. The second-order valence-corrected chi connectivity index (χ2v) is 8.20. The third-order valence-corrected chi connectivity index (χ3v) is 5.69. The van der Waals surface area contributed by atoms with Crippen LogP contribution >= 0.6 is 23.2 Å². The van der Waals surface area contributed by atoms with E-state index in [0.717, 1.165) is 5.56 Å². The first-order valence-corrected chi connectivity index (χ1v) is 11.0. The number of hydrogen-bond acceptors (Lipinski definition) is 4. The summed E-state index contributed by atoms with van der Waals surface area (Å²) in [6.45, 7) is 1.57. The van der Waals surface area contributed by atoms with Crippen LogP contribution in [0.5, 0.6) is 11.5 Å². The van der Waals surface area contributed by atoms with Crippen LogP contribution in [0.25, 0.3) is 17.1 Å². The number of ether oxygens (including phenoxy) is 1. The summed E-state index contributed by atoms with van der Waals surface area (Å²) in [5, 5.41) is 12.8. The Morgan fingerprint density at radius 3 is 2.56 bits per heavy atom. The fourth-order valence-corrected chi connectivity index (χ4v) is 3.67. The largest absolute Gasteiger partial charge is 0.480 e. The molecule has 4 aromatic rings. The van der Waals surface area contributed by atoms with Crippen LogP contribution in [0.2, 0.25) is 10.0 Å². The lowest BCUT2D eigenvalue weighted by atomic mass is 10.2. The Balaban J connectivity index is 1.44. The van der Waals surface area contributed by atoms with Crippen LogP contribution in [0.15, 0.2) is 66.7 Å². The van der Waals surface area contributed by atoms with Crippen molar-refractivity contribution in [1.29, 1.82) is 0 Å². The summed E-state index contributed by atoms with van der Waals surface area (Å²) in [6, 6.07) is 17.3. The van der Waals surface area contributed by atoms with Gasteiger partial charge in [-0.05, 0) is 67.1 Å². The topological polar surface area (TPSA) is 93.5 Å². The fraction of sp³-hybridized carbons (Fsp3) is 0.0800. The van der Waals surface area contributed by atoms with Crippen molar-refractivity contribution < 1.29 is 19.4 Å². The van der Waals surface area contributed by atoms with Gasteiger partial charge < -0.3 is 19.7 Å². The van der Waals surface area contributed by atoms with Crippen LogP contribution in [0.3, 0.4) is 0 Å². The number of rotatable bonds is 7. The van der Waals surface area contributed by atoms with Gasteiger partial charge in [-0.15, -0.1) is 0 Å². The lowest BCUT2D eigenvalue weighted by molar-refractivity contribution is -0.137. The normalized spacial score (nSPS) is 11.1. The molecule has 1 amide bonds. The number of benzene rings is 3. The van der Waals surface area contributed by atoms with E-state index >= 15 is 0 Å². The highest BCUT2D eigenvalue weighted by Gasteiger charge is 2.14. The molecule has 4 rings (SSSR count). The summed E-state index contributed by atoms with van der Waals surface area (Å²) < 4.78 is 7.60. The molecule has 2 N–H and O–H groups in total. The molecule has 0 spiro atoms. The van der Waals surface area contributed by atoms with Gasteiger partial charge in [0.25, 0.3) is 0 Å². The van der Waals surface area contributed by atoms with Gasteiger partial charge in [0.05, 0.1) is 15.6 Å².